The van der Waals surface area contributed by atoms with Gasteiger partial charge in [-0.05, 0) is 36.8 Å². The highest BCUT2D eigenvalue weighted by atomic mass is 32.1. The fraction of sp³-hybridized carbons (Fsp3) is 0.400. The van der Waals surface area contributed by atoms with Gasteiger partial charge in [0.15, 0.2) is 4.77 Å². The predicted octanol–water partition coefficient (Wildman–Crippen LogP) is 1.85. The Morgan fingerprint density at radius 3 is 2.91 bits per heavy atom. The Labute approximate surface area is 133 Å². The molecule has 0 saturated heterocycles. The van der Waals surface area contributed by atoms with Gasteiger partial charge in [0.05, 0.1) is 17.5 Å². The maximum atomic E-state index is 12.4. The van der Waals surface area contributed by atoms with Crippen LogP contribution >= 0.6 is 12.2 Å². The molecule has 6 nitrogen and oxygen atoms in total. The number of H-pyrrole nitrogens is 1. The van der Waals surface area contributed by atoms with E-state index in [0.717, 1.165) is 6.42 Å². The van der Waals surface area contributed by atoms with E-state index in [1.165, 1.54) is 4.57 Å². The van der Waals surface area contributed by atoms with Gasteiger partial charge in [-0.3, -0.25) is 14.2 Å². The number of ether oxygens (including phenoxy) is 1. The average Bonchev–Trinajstić information content (AvgIpc) is 2.51. The van der Waals surface area contributed by atoms with Crippen LogP contribution in [0.4, 0.5) is 0 Å². The molecule has 0 unspecified atom stereocenters. The zero-order valence-electron chi connectivity index (χ0n) is 12.6. The Bertz CT molecular complexity index is 795. The van der Waals surface area contributed by atoms with Crippen LogP contribution in [-0.2, 0) is 11.3 Å². The molecule has 1 heterocycles. The minimum atomic E-state index is -0.212. The summed E-state index contributed by atoms with van der Waals surface area (Å²) in [4.78, 5) is 27.4. The number of rotatable bonds is 6. The lowest BCUT2D eigenvalue weighted by Crippen LogP contribution is -2.27. The standard InChI is InChI=1S/C15H19N3O3S/c1-3-7-18-14(20)11-5-4-10(9-12(11)17-15(18)22)13(19)16-6-8-21-2/h4-5,9H,3,6-8H2,1-2H3,(H,16,19)(H,17,22). The molecule has 118 valence electrons. The van der Waals surface area contributed by atoms with E-state index in [0.29, 0.717) is 40.9 Å². The van der Waals surface area contributed by atoms with E-state index in [1.807, 2.05) is 6.92 Å². The first-order valence-electron chi connectivity index (χ1n) is 7.12. The van der Waals surface area contributed by atoms with E-state index >= 15 is 0 Å². The van der Waals surface area contributed by atoms with Gasteiger partial charge in [-0.1, -0.05) is 6.92 Å². The van der Waals surface area contributed by atoms with E-state index in [9.17, 15) is 9.59 Å². The Hall–Kier alpha value is -1.99. The average molecular weight is 321 g/mol. The number of methoxy groups -OCH3 is 1. The van der Waals surface area contributed by atoms with Crippen molar-refractivity contribution in [3.8, 4) is 0 Å². The van der Waals surface area contributed by atoms with Gasteiger partial charge in [0.1, 0.15) is 0 Å². The zero-order chi connectivity index (χ0) is 16.1. The molecule has 0 radical (unpaired) electrons. The summed E-state index contributed by atoms with van der Waals surface area (Å²) in [6.07, 6.45) is 0.822. The second kappa shape index (κ2) is 7.33. The number of nitrogens with zero attached hydrogens (tertiary/aromatic N) is 1. The summed E-state index contributed by atoms with van der Waals surface area (Å²) in [5.74, 6) is -0.212. The molecule has 1 amide bonds. The van der Waals surface area contributed by atoms with Crippen LogP contribution in [0.25, 0.3) is 10.9 Å². The van der Waals surface area contributed by atoms with Crippen LogP contribution in [0.15, 0.2) is 23.0 Å². The van der Waals surface area contributed by atoms with Crippen LogP contribution in [0, 0.1) is 4.77 Å². The fourth-order valence-electron chi connectivity index (χ4n) is 2.19. The molecule has 22 heavy (non-hydrogen) atoms. The van der Waals surface area contributed by atoms with Crippen LogP contribution in [0.3, 0.4) is 0 Å². The van der Waals surface area contributed by atoms with Crippen LogP contribution < -0.4 is 10.9 Å². The van der Waals surface area contributed by atoms with E-state index in [-0.39, 0.29) is 11.5 Å². The monoisotopic (exact) mass is 321 g/mol. The first-order valence-corrected chi connectivity index (χ1v) is 7.53. The number of carbonyl (C=O) groups is 1. The van der Waals surface area contributed by atoms with E-state index in [4.69, 9.17) is 17.0 Å². The predicted molar refractivity (Wildman–Crippen MR) is 87.9 cm³/mol. The second-order valence-electron chi connectivity index (χ2n) is 4.90. The highest BCUT2D eigenvalue weighted by molar-refractivity contribution is 7.71. The van der Waals surface area contributed by atoms with Crippen molar-refractivity contribution < 1.29 is 9.53 Å². The number of hydrogen-bond acceptors (Lipinski definition) is 4. The molecule has 0 aliphatic carbocycles. The molecule has 2 N–H and O–H groups in total. The lowest BCUT2D eigenvalue weighted by Gasteiger charge is -2.08. The van der Waals surface area contributed by atoms with Crippen molar-refractivity contribution in [1.29, 1.82) is 0 Å². The number of benzene rings is 1. The van der Waals surface area contributed by atoms with Gasteiger partial charge in [0, 0.05) is 25.8 Å². The van der Waals surface area contributed by atoms with Gasteiger partial charge < -0.3 is 15.0 Å². The number of amides is 1. The molecule has 0 fully saturated rings. The topological polar surface area (TPSA) is 76.1 Å². The quantitative estimate of drug-likeness (QED) is 0.629. The molecule has 1 aromatic carbocycles. The third kappa shape index (κ3) is 3.42. The van der Waals surface area contributed by atoms with Crippen molar-refractivity contribution in [2.24, 2.45) is 0 Å². The molecule has 2 aromatic rings. The summed E-state index contributed by atoms with van der Waals surface area (Å²) >= 11 is 5.22. The smallest absolute Gasteiger partial charge is 0.262 e. The van der Waals surface area contributed by atoms with Crippen molar-refractivity contribution in [1.82, 2.24) is 14.9 Å². The second-order valence-corrected chi connectivity index (χ2v) is 5.28. The molecule has 0 spiro atoms. The van der Waals surface area contributed by atoms with Gasteiger partial charge in [-0.2, -0.15) is 0 Å². The van der Waals surface area contributed by atoms with Gasteiger partial charge >= 0.3 is 0 Å². The van der Waals surface area contributed by atoms with Crippen LogP contribution in [0.2, 0.25) is 0 Å². The maximum absolute atomic E-state index is 12.4. The molecule has 0 aliphatic heterocycles. The van der Waals surface area contributed by atoms with E-state index in [1.54, 1.807) is 25.3 Å². The molecular formula is C15H19N3O3S. The van der Waals surface area contributed by atoms with E-state index < -0.39 is 0 Å². The first kappa shape index (κ1) is 16.4. The highest BCUT2D eigenvalue weighted by Gasteiger charge is 2.09. The Morgan fingerprint density at radius 1 is 1.45 bits per heavy atom. The number of aromatic nitrogens is 2. The summed E-state index contributed by atoms with van der Waals surface area (Å²) in [5, 5.41) is 3.26. The van der Waals surface area contributed by atoms with Gasteiger partial charge in [0.2, 0.25) is 0 Å². The van der Waals surface area contributed by atoms with Crippen LogP contribution in [-0.4, -0.2) is 35.7 Å². The van der Waals surface area contributed by atoms with Crippen LogP contribution in [0.5, 0.6) is 0 Å². The van der Waals surface area contributed by atoms with Gasteiger partial charge in [0.25, 0.3) is 11.5 Å². The number of hydrogen-bond donors (Lipinski definition) is 2. The van der Waals surface area contributed by atoms with Crippen molar-refractivity contribution >= 4 is 29.0 Å². The number of aromatic amines is 1. The molecule has 1 aromatic heterocycles. The van der Waals surface area contributed by atoms with Gasteiger partial charge in [-0.15, -0.1) is 0 Å². The molecule has 0 atom stereocenters. The summed E-state index contributed by atoms with van der Waals surface area (Å²) in [7, 11) is 1.57. The molecule has 0 saturated carbocycles. The first-order chi connectivity index (χ1) is 10.6. The summed E-state index contributed by atoms with van der Waals surface area (Å²) in [6.45, 7) is 3.44. The Balaban J connectivity index is 2.39. The zero-order valence-corrected chi connectivity index (χ0v) is 13.5. The lowest BCUT2D eigenvalue weighted by molar-refractivity contribution is 0.0937. The summed E-state index contributed by atoms with van der Waals surface area (Å²) in [5.41, 5.74) is 0.913. The summed E-state index contributed by atoms with van der Waals surface area (Å²) in [6, 6.07) is 4.93. The lowest BCUT2D eigenvalue weighted by atomic mass is 10.1. The Morgan fingerprint density at radius 2 is 2.23 bits per heavy atom. The SMILES string of the molecule is CCCn1c(=S)[nH]c2cc(C(=O)NCCOC)ccc2c1=O. The number of carbonyl (C=O) groups excluding carboxylic acids is 1. The molecule has 0 aliphatic rings. The van der Waals surface area contributed by atoms with E-state index in [2.05, 4.69) is 10.3 Å². The van der Waals surface area contributed by atoms with Crippen LogP contribution in [0.1, 0.15) is 23.7 Å². The molecule has 2 rings (SSSR count). The van der Waals surface area contributed by atoms with Gasteiger partial charge in [-0.25, -0.2) is 0 Å². The van der Waals surface area contributed by atoms with Crippen molar-refractivity contribution in [3.63, 3.8) is 0 Å². The number of nitrogens with one attached hydrogen (secondary N) is 2. The normalized spacial score (nSPS) is 10.8. The maximum Gasteiger partial charge on any atom is 0.262 e. The minimum absolute atomic E-state index is 0.132. The largest absolute Gasteiger partial charge is 0.383 e. The van der Waals surface area contributed by atoms with Crippen molar-refractivity contribution in [2.45, 2.75) is 19.9 Å². The highest BCUT2D eigenvalue weighted by Crippen LogP contribution is 2.11. The third-order valence-corrected chi connectivity index (χ3v) is 3.61. The Kier molecular flexibility index (Phi) is 5.46. The van der Waals surface area contributed by atoms with Crippen molar-refractivity contribution in [2.75, 3.05) is 20.3 Å². The molecule has 7 heteroatoms. The number of fused-ring (bicyclic) bond motifs is 1. The summed E-state index contributed by atoms with van der Waals surface area (Å²) < 4.78 is 6.80. The minimum Gasteiger partial charge on any atom is -0.383 e. The van der Waals surface area contributed by atoms with Crippen molar-refractivity contribution in [3.05, 3.63) is 38.9 Å². The molecular weight excluding hydrogens is 302 g/mol. The molecule has 0 bridgehead atoms. The third-order valence-electron chi connectivity index (χ3n) is 3.28. The fourth-order valence-corrected chi connectivity index (χ4v) is 2.48.